The van der Waals surface area contributed by atoms with Gasteiger partial charge in [-0.05, 0) is 35.4 Å². The Morgan fingerprint density at radius 3 is 2.32 bits per heavy atom. The van der Waals surface area contributed by atoms with Crippen molar-refractivity contribution in [3.63, 3.8) is 0 Å². The Balaban J connectivity index is 1.82. The van der Waals surface area contributed by atoms with Crippen LogP contribution in [0, 0.1) is 5.82 Å². The fourth-order valence-corrected chi connectivity index (χ4v) is 2.46. The van der Waals surface area contributed by atoms with E-state index in [0.717, 1.165) is 37.3 Å². The van der Waals surface area contributed by atoms with Gasteiger partial charge in [0.15, 0.2) is 0 Å². The normalized spacial score (nSPS) is 15.5. The molecule has 0 saturated carbocycles. The highest BCUT2D eigenvalue weighted by Gasteiger charge is 2.10. The number of anilines is 1. The van der Waals surface area contributed by atoms with Crippen molar-refractivity contribution >= 4 is 5.69 Å². The highest BCUT2D eigenvalue weighted by atomic mass is 19.1. The standard InChI is InChI=1S/C16H17FN2/c17-15-3-1-2-14(12-15)13-4-6-16(7-5-13)19-10-8-18-9-11-19/h1-7,12,18H,8-11H2. The zero-order valence-electron chi connectivity index (χ0n) is 10.8. The molecule has 3 heteroatoms. The molecule has 2 nitrogen and oxygen atoms in total. The maximum atomic E-state index is 13.2. The Labute approximate surface area is 112 Å². The molecule has 0 aliphatic carbocycles. The van der Waals surface area contributed by atoms with Crippen LogP contribution in [0.1, 0.15) is 0 Å². The van der Waals surface area contributed by atoms with Crippen LogP contribution >= 0.6 is 0 Å². The Hall–Kier alpha value is -1.87. The van der Waals surface area contributed by atoms with E-state index < -0.39 is 0 Å². The van der Waals surface area contributed by atoms with Crippen LogP contribution in [0.3, 0.4) is 0 Å². The molecular weight excluding hydrogens is 239 g/mol. The molecule has 0 spiro atoms. The molecule has 0 aromatic heterocycles. The first-order valence-electron chi connectivity index (χ1n) is 6.64. The fourth-order valence-electron chi connectivity index (χ4n) is 2.46. The minimum absolute atomic E-state index is 0.191. The van der Waals surface area contributed by atoms with Gasteiger partial charge in [-0.15, -0.1) is 0 Å². The lowest BCUT2D eigenvalue weighted by atomic mass is 10.1. The van der Waals surface area contributed by atoms with E-state index in [1.807, 2.05) is 6.07 Å². The first-order chi connectivity index (χ1) is 9.33. The van der Waals surface area contributed by atoms with Crippen molar-refractivity contribution in [2.45, 2.75) is 0 Å². The monoisotopic (exact) mass is 256 g/mol. The van der Waals surface area contributed by atoms with Gasteiger partial charge < -0.3 is 10.2 Å². The molecule has 98 valence electrons. The first kappa shape index (κ1) is 12.2. The molecule has 2 aromatic carbocycles. The van der Waals surface area contributed by atoms with Crippen molar-refractivity contribution in [1.29, 1.82) is 0 Å². The SMILES string of the molecule is Fc1cccc(-c2ccc(N3CCNCC3)cc2)c1. The van der Waals surface area contributed by atoms with Gasteiger partial charge >= 0.3 is 0 Å². The van der Waals surface area contributed by atoms with Crippen molar-refractivity contribution in [2.24, 2.45) is 0 Å². The van der Waals surface area contributed by atoms with Crippen molar-refractivity contribution < 1.29 is 4.39 Å². The van der Waals surface area contributed by atoms with Crippen LogP contribution in [0.15, 0.2) is 48.5 Å². The Morgan fingerprint density at radius 2 is 1.63 bits per heavy atom. The molecule has 0 radical (unpaired) electrons. The van der Waals surface area contributed by atoms with Crippen LogP contribution in [0.5, 0.6) is 0 Å². The van der Waals surface area contributed by atoms with Gasteiger partial charge in [0.1, 0.15) is 5.82 Å². The second-order valence-corrected chi connectivity index (χ2v) is 4.79. The Kier molecular flexibility index (Phi) is 3.47. The summed E-state index contributed by atoms with van der Waals surface area (Å²) in [6.07, 6.45) is 0. The van der Waals surface area contributed by atoms with E-state index in [-0.39, 0.29) is 5.82 Å². The molecule has 19 heavy (non-hydrogen) atoms. The highest BCUT2D eigenvalue weighted by molar-refractivity contribution is 5.66. The van der Waals surface area contributed by atoms with Gasteiger partial charge in [-0.1, -0.05) is 24.3 Å². The average molecular weight is 256 g/mol. The third kappa shape index (κ3) is 2.76. The van der Waals surface area contributed by atoms with Crippen LogP contribution in [-0.2, 0) is 0 Å². The van der Waals surface area contributed by atoms with Crippen LogP contribution in [0.25, 0.3) is 11.1 Å². The first-order valence-corrected chi connectivity index (χ1v) is 6.64. The molecule has 1 aliphatic heterocycles. The minimum Gasteiger partial charge on any atom is -0.369 e. The van der Waals surface area contributed by atoms with Crippen LogP contribution in [0.2, 0.25) is 0 Å². The van der Waals surface area contributed by atoms with Crippen LogP contribution in [0.4, 0.5) is 10.1 Å². The summed E-state index contributed by atoms with van der Waals surface area (Å²) in [5.74, 6) is -0.191. The molecule has 1 aliphatic rings. The van der Waals surface area contributed by atoms with Gasteiger partial charge in [-0.2, -0.15) is 0 Å². The van der Waals surface area contributed by atoms with E-state index in [9.17, 15) is 4.39 Å². The van der Waals surface area contributed by atoms with E-state index in [1.54, 1.807) is 12.1 Å². The van der Waals surface area contributed by atoms with Crippen LogP contribution in [-0.4, -0.2) is 26.2 Å². The lowest BCUT2D eigenvalue weighted by molar-refractivity contribution is 0.589. The molecule has 1 fully saturated rings. The number of hydrogen-bond donors (Lipinski definition) is 1. The lowest BCUT2D eigenvalue weighted by Gasteiger charge is -2.29. The molecule has 1 heterocycles. The third-order valence-corrected chi connectivity index (χ3v) is 3.51. The quantitative estimate of drug-likeness (QED) is 0.888. The Bertz CT molecular complexity index is 545. The largest absolute Gasteiger partial charge is 0.369 e. The summed E-state index contributed by atoms with van der Waals surface area (Å²) in [6, 6.07) is 15.1. The smallest absolute Gasteiger partial charge is 0.123 e. The minimum atomic E-state index is -0.191. The summed E-state index contributed by atoms with van der Waals surface area (Å²) in [5.41, 5.74) is 3.21. The van der Waals surface area contributed by atoms with E-state index >= 15 is 0 Å². The van der Waals surface area contributed by atoms with Gasteiger partial charge in [0.2, 0.25) is 0 Å². The molecule has 0 bridgehead atoms. The number of benzene rings is 2. The molecule has 0 atom stereocenters. The summed E-state index contributed by atoms with van der Waals surface area (Å²) >= 11 is 0. The van der Waals surface area contributed by atoms with E-state index in [1.165, 1.54) is 11.8 Å². The number of nitrogens with one attached hydrogen (secondary N) is 1. The summed E-state index contributed by atoms with van der Waals surface area (Å²) in [5, 5.41) is 3.34. The summed E-state index contributed by atoms with van der Waals surface area (Å²) in [7, 11) is 0. The van der Waals surface area contributed by atoms with E-state index in [4.69, 9.17) is 0 Å². The van der Waals surface area contributed by atoms with E-state index in [2.05, 4.69) is 34.5 Å². The fraction of sp³-hybridized carbons (Fsp3) is 0.250. The van der Waals surface area contributed by atoms with Crippen molar-refractivity contribution in [1.82, 2.24) is 5.32 Å². The van der Waals surface area contributed by atoms with Crippen molar-refractivity contribution in [3.8, 4) is 11.1 Å². The third-order valence-electron chi connectivity index (χ3n) is 3.51. The molecular formula is C16H17FN2. The molecule has 1 saturated heterocycles. The number of nitrogens with zero attached hydrogens (tertiary/aromatic N) is 1. The summed E-state index contributed by atoms with van der Waals surface area (Å²) < 4.78 is 13.2. The lowest BCUT2D eigenvalue weighted by Crippen LogP contribution is -2.43. The predicted octanol–water partition coefficient (Wildman–Crippen LogP) is 2.90. The maximum Gasteiger partial charge on any atom is 0.123 e. The topological polar surface area (TPSA) is 15.3 Å². The van der Waals surface area contributed by atoms with Crippen molar-refractivity contribution in [3.05, 3.63) is 54.3 Å². The van der Waals surface area contributed by atoms with Crippen LogP contribution < -0.4 is 10.2 Å². The van der Waals surface area contributed by atoms with Gasteiger partial charge in [0.25, 0.3) is 0 Å². The highest BCUT2D eigenvalue weighted by Crippen LogP contribution is 2.23. The van der Waals surface area contributed by atoms with Gasteiger partial charge in [-0.25, -0.2) is 4.39 Å². The Morgan fingerprint density at radius 1 is 0.895 bits per heavy atom. The molecule has 0 unspecified atom stereocenters. The van der Waals surface area contributed by atoms with E-state index in [0.29, 0.717) is 0 Å². The molecule has 1 N–H and O–H groups in total. The number of halogens is 1. The maximum absolute atomic E-state index is 13.2. The molecule has 0 amide bonds. The van der Waals surface area contributed by atoms with Gasteiger partial charge in [0, 0.05) is 31.9 Å². The second-order valence-electron chi connectivity index (χ2n) is 4.79. The average Bonchev–Trinajstić information content (AvgIpc) is 2.48. The predicted molar refractivity (Wildman–Crippen MR) is 76.9 cm³/mol. The summed E-state index contributed by atoms with van der Waals surface area (Å²) in [6.45, 7) is 4.15. The molecule has 2 aromatic rings. The summed E-state index contributed by atoms with van der Waals surface area (Å²) in [4.78, 5) is 2.37. The number of hydrogen-bond acceptors (Lipinski definition) is 2. The molecule has 3 rings (SSSR count). The second kappa shape index (κ2) is 5.41. The number of piperazine rings is 1. The van der Waals surface area contributed by atoms with Gasteiger partial charge in [0.05, 0.1) is 0 Å². The van der Waals surface area contributed by atoms with Crippen molar-refractivity contribution in [2.75, 3.05) is 31.1 Å². The zero-order valence-corrected chi connectivity index (χ0v) is 10.8. The number of rotatable bonds is 2. The zero-order chi connectivity index (χ0) is 13.1. The van der Waals surface area contributed by atoms with Gasteiger partial charge in [-0.3, -0.25) is 0 Å².